The number of hydrogen-bond acceptors (Lipinski definition) is 3. The molecule has 3 heterocycles. The maximum Gasteiger partial charge on any atom is 0.174 e. The highest BCUT2D eigenvalue weighted by Gasteiger charge is 2.42. The van der Waals surface area contributed by atoms with Crippen molar-refractivity contribution >= 4 is 23.0 Å². The van der Waals surface area contributed by atoms with Gasteiger partial charge in [0.1, 0.15) is 5.75 Å². The molecule has 0 amide bonds. The van der Waals surface area contributed by atoms with Crippen molar-refractivity contribution < 1.29 is 4.74 Å². The van der Waals surface area contributed by atoms with Crippen LogP contribution in [-0.2, 0) is 0 Å². The van der Waals surface area contributed by atoms with Crippen molar-refractivity contribution in [1.82, 2.24) is 14.9 Å². The van der Waals surface area contributed by atoms with Crippen LogP contribution in [0.5, 0.6) is 5.75 Å². The summed E-state index contributed by atoms with van der Waals surface area (Å²) in [6.45, 7) is 4.35. The Morgan fingerprint density at radius 1 is 1.11 bits per heavy atom. The van der Waals surface area contributed by atoms with Gasteiger partial charge in [-0.1, -0.05) is 18.2 Å². The summed E-state index contributed by atoms with van der Waals surface area (Å²) >= 11 is 5.77. The molecule has 0 aliphatic carbocycles. The first-order valence-electron chi connectivity index (χ1n) is 9.41. The van der Waals surface area contributed by atoms with E-state index < -0.39 is 0 Å². The van der Waals surface area contributed by atoms with Gasteiger partial charge < -0.3 is 19.5 Å². The lowest BCUT2D eigenvalue weighted by molar-refractivity contribution is 0.414. The number of anilines is 1. The third-order valence-electron chi connectivity index (χ3n) is 5.12. The van der Waals surface area contributed by atoms with E-state index >= 15 is 0 Å². The van der Waals surface area contributed by atoms with Gasteiger partial charge in [0.05, 0.1) is 30.6 Å². The lowest BCUT2D eigenvalue weighted by Gasteiger charge is -2.28. The molecule has 4 rings (SSSR count). The summed E-state index contributed by atoms with van der Waals surface area (Å²) in [5.74, 6) is 0.793. The molecule has 1 fully saturated rings. The molecule has 28 heavy (non-hydrogen) atoms. The van der Waals surface area contributed by atoms with Crippen LogP contribution < -0.4 is 15.0 Å². The minimum absolute atomic E-state index is 0.0290. The fourth-order valence-corrected chi connectivity index (χ4v) is 4.05. The summed E-state index contributed by atoms with van der Waals surface area (Å²) in [5, 5.41) is 4.16. The highest BCUT2D eigenvalue weighted by molar-refractivity contribution is 7.80. The monoisotopic (exact) mass is 392 g/mol. The Balaban J connectivity index is 1.84. The second-order valence-electron chi connectivity index (χ2n) is 7.15. The van der Waals surface area contributed by atoms with Crippen molar-refractivity contribution in [3.8, 4) is 5.75 Å². The Morgan fingerprint density at radius 3 is 2.57 bits per heavy atom. The largest absolute Gasteiger partial charge is 0.495 e. The molecule has 0 bridgehead atoms. The number of thiocarbonyl (C=S) groups is 1. The number of benzene rings is 1. The quantitative estimate of drug-likeness (QED) is 0.640. The predicted octanol–water partition coefficient (Wildman–Crippen LogP) is 4.65. The third-order valence-corrected chi connectivity index (χ3v) is 5.43. The second-order valence-corrected chi connectivity index (χ2v) is 7.54. The second kappa shape index (κ2) is 7.64. The van der Waals surface area contributed by atoms with Crippen LogP contribution in [0.25, 0.3) is 0 Å². The van der Waals surface area contributed by atoms with Crippen LogP contribution in [0.1, 0.15) is 43.2 Å². The summed E-state index contributed by atoms with van der Waals surface area (Å²) < 4.78 is 7.84. The maximum absolute atomic E-state index is 5.77. The summed E-state index contributed by atoms with van der Waals surface area (Å²) in [7, 11) is 1.69. The number of para-hydroxylation sites is 2. The number of rotatable bonds is 5. The lowest BCUT2D eigenvalue weighted by atomic mass is 9.98. The van der Waals surface area contributed by atoms with Gasteiger partial charge in [-0.3, -0.25) is 4.98 Å². The number of pyridine rings is 1. The molecule has 0 radical (unpaired) electrons. The van der Waals surface area contributed by atoms with E-state index in [1.807, 2.05) is 48.7 Å². The van der Waals surface area contributed by atoms with Gasteiger partial charge in [0.25, 0.3) is 0 Å². The van der Waals surface area contributed by atoms with Crippen LogP contribution in [0.4, 0.5) is 5.69 Å². The highest BCUT2D eigenvalue weighted by atomic mass is 32.1. The van der Waals surface area contributed by atoms with Crippen LogP contribution in [0.2, 0.25) is 0 Å². The molecule has 0 saturated carbocycles. The summed E-state index contributed by atoms with van der Waals surface area (Å²) in [5.41, 5.74) is 3.09. The van der Waals surface area contributed by atoms with Crippen LogP contribution in [0.15, 0.2) is 67.1 Å². The average Bonchev–Trinajstić information content (AvgIpc) is 3.33. The van der Waals surface area contributed by atoms with Crippen LogP contribution >= 0.6 is 12.2 Å². The highest BCUT2D eigenvalue weighted by Crippen LogP contribution is 2.44. The predicted molar refractivity (Wildman–Crippen MR) is 116 cm³/mol. The molecule has 1 N–H and O–H groups in total. The number of nitrogens with zero attached hydrogens (tertiary/aromatic N) is 3. The summed E-state index contributed by atoms with van der Waals surface area (Å²) in [4.78, 5) is 6.74. The van der Waals surface area contributed by atoms with Crippen molar-refractivity contribution in [2.45, 2.75) is 32.0 Å². The summed E-state index contributed by atoms with van der Waals surface area (Å²) in [6.07, 6.45) is 6.14. The van der Waals surface area contributed by atoms with Crippen molar-refractivity contribution in [3.05, 3.63) is 78.4 Å². The molecular formula is C22H24N4OS. The Labute approximate surface area is 171 Å². The molecule has 1 aliphatic rings. The molecule has 1 aromatic carbocycles. The summed E-state index contributed by atoms with van der Waals surface area (Å²) in [6, 6.07) is 16.4. The Bertz CT molecular complexity index is 969. The van der Waals surface area contributed by atoms with Gasteiger partial charge in [-0.2, -0.15) is 0 Å². The van der Waals surface area contributed by atoms with E-state index in [-0.39, 0.29) is 12.1 Å². The lowest BCUT2D eigenvalue weighted by Crippen LogP contribution is -2.29. The zero-order chi connectivity index (χ0) is 19.7. The third kappa shape index (κ3) is 3.24. The molecule has 0 spiro atoms. The van der Waals surface area contributed by atoms with Gasteiger partial charge in [0, 0.05) is 24.6 Å². The molecule has 1 aliphatic heterocycles. The number of hydrogen-bond donors (Lipinski definition) is 1. The molecular weight excluding hydrogens is 368 g/mol. The Hall–Kier alpha value is -2.86. The number of nitrogens with one attached hydrogen (secondary N) is 1. The van der Waals surface area contributed by atoms with Gasteiger partial charge >= 0.3 is 0 Å². The Kier molecular flexibility index (Phi) is 5.05. The molecule has 2 aromatic heterocycles. The first kappa shape index (κ1) is 18.5. The zero-order valence-corrected chi connectivity index (χ0v) is 17.1. The van der Waals surface area contributed by atoms with E-state index in [4.69, 9.17) is 17.0 Å². The standard InChI is InChI=1S/C22H24N4OS/c1-15(2)25-13-11-16(14-25)21-20(17-8-6-7-12-23-17)24-22(28)26(21)18-9-4-5-10-19(18)27-3/h4-15,20-21H,1-3H3,(H,24,28). The molecule has 1 saturated heterocycles. The first-order chi connectivity index (χ1) is 13.6. The van der Waals surface area contributed by atoms with Crippen molar-refractivity contribution in [3.63, 3.8) is 0 Å². The van der Waals surface area contributed by atoms with E-state index in [1.54, 1.807) is 7.11 Å². The average molecular weight is 393 g/mol. The minimum atomic E-state index is -0.0541. The Morgan fingerprint density at radius 2 is 1.89 bits per heavy atom. The van der Waals surface area contributed by atoms with E-state index in [2.05, 4.69) is 52.1 Å². The van der Waals surface area contributed by atoms with E-state index in [9.17, 15) is 0 Å². The van der Waals surface area contributed by atoms with Crippen LogP contribution in [0.3, 0.4) is 0 Å². The van der Waals surface area contributed by atoms with Gasteiger partial charge in [-0.15, -0.1) is 0 Å². The number of methoxy groups -OCH3 is 1. The topological polar surface area (TPSA) is 42.3 Å². The van der Waals surface area contributed by atoms with Crippen molar-refractivity contribution in [1.29, 1.82) is 0 Å². The van der Waals surface area contributed by atoms with E-state index in [0.29, 0.717) is 11.2 Å². The normalized spacial score (nSPS) is 19.1. The van der Waals surface area contributed by atoms with Crippen molar-refractivity contribution in [2.24, 2.45) is 0 Å². The van der Waals surface area contributed by atoms with Gasteiger partial charge in [0.2, 0.25) is 0 Å². The fourth-order valence-electron chi connectivity index (χ4n) is 3.71. The molecule has 144 valence electrons. The van der Waals surface area contributed by atoms with Crippen molar-refractivity contribution in [2.75, 3.05) is 12.0 Å². The molecule has 3 aromatic rings. The number of ether oxygens (including phenoxy) is 1. The van der Waals surface area contributed by atoms with E-state index in [1.165, 1.54) is 5.56 Å². The smallest absolute Gasteiger partial charge is 0.174 e. The van der Waals surface area contributed by atoms with E-state index in [0.717, 1.165) is 17.1 Å². The van der Waals surface area contributed by atoms with Gasteiger partial charge in [-0.05, 0) is 62.0 Å². The molecule has 6 heteroatoms. The molecule has 2 unspecified atom stereocenters. The SMILES string of the molecule is COc1ccccc1N1C(=S)NC(c2ccccn2)C1c1ccn(C(C)C)c1. The van der Waals surface area contributed by atoms with Crippen LogP contribution in [0, 0.1) is 0 Å². The maximum atomic E-state index is 5.77. The fraction of sp³-hybridized carbons (Fsp3) is 0.273. The molecule has 5 nitrogen and oxygen atoms in total. The molecule has 2 atom stereocenters. The number of aromatic nitrogens is 2. The first-order valence-corrected chi connectivity index (χ1v) is 9.82. The zero-order valence-electron chi connectivity index (χ0n) is 16.2. The van der Waals surface area contributed by atoms with Gasteiger partial charge in [0.15, 0.2) is 5.11 Å². The van der Waals surface area contributed by atoms with Crippen LogP contribution in [-0.4, -0.2) is 21.8 Å². The van der Waals surface area contributed by atoms with Gasteiger partial charge in [-0.25, -0.2) is 0 Å². The minimum Gasteiger partial charge on any atom is -0.495 e.